The van der Waals surface area contributed by atoms with Gasteiger partial charge in [0, 0.05) is 22.6 Å². The summed E-state index contributed by atoms with van der Waals surface area (Å²) in [5.41, 5.74) is 0.593. The van der Waals surface area contributed by atoms with Crippen LogP contribution in [-0.4, -0.2) is 16.0 Å². The molecule has 0 atom stereocenters. The van der Waals surface area contributed by atoms with Crippen molar-refractivity contribution >= 4 is 17.4 Å². The quantitative estimate of drug-likeness (QED) is 0.787. The highest BCUT2D eigenvalue weighted by Gasteiger charge is 2.13. The lowest BCUT2D eigenvalue weighted by Crippen LogP contribution is -2.06. The van der Waals surface area contributed by atoms with E-state index in [1.165, 1.54) is 30.6 Å². The van der Waals surface area contributed by atoms with Crippen LogP contribution in [0, 0.1) is 5.82 Å². The number of benzene rings is 1. The Labute approximate surface area is 102 Å². The molecule has 0 spiro atoms. The Bertz CT molecular complexity index is 525. The summed E-state index contributed by atoms with van der Waals surface area (Å²) in [6.07, 6.45) is 2.67. The van der Waals surface area contributed by atoms with Crippen LogP contribution in [0.25, 0.3) is 0 Å². The number of hydrogen-bond donors (Lipinski definition) is 0. The zero-order valence-corrected chi connectivity index (χ0v) is 9.49. The van der Waals surface area contributed by atoms with Crippen molar-refractivity contribution < 1.29 is 9.18 Å². The van der Waals surface area contributed by atoms with Gasteiger partial charge in [-0.15, -0.1) is 0 Å². The standard InChI is InChI=1S/C12H8ClFN2O/c13-10-2-1-3-11(14)9(10)6-12(17)8-4-5-15-16-7-8/h1-5,7H,6H2. The van der Waals surface area contributed by atoms with Crippen LogP contribution in [0.1, 0.15) is 15.9 Å². The largest absolute Gasteiger partial charge is 0.294 e. The Morgan fingerprint density at radius 2 is 2.12 bits per heavy atom. The van der Waals surface area contributed by atoms with Crippen LogP contribution in [0.5, 0.6) is 0 Å². The van der Waals surface area contributed by atoms with E-state index in [9.17, 15) is 9.18 Å². The number of carbonyl (C=O) groups is 1. The summed E-state index contributed by atoms with van der Waals surface area (Å²) in [5.74, 6) is -0.722. The molecule has 17 heavy (non-hydrogen) atoms. The summed E-state index contributed by atoms with van der Waals surface area (Å²) < 4.78 is 13.5. The van der Waals surface area contributed by atoms with Gasteiger partial charge in [-0.2, -0.15) is 10.2 Å². The molecule has 2 aromatic rings. The minimum Gasteiger partial charge on any atom is -0.294 e. The summed E-state index contributed by atoms with van der Waals surface area (Å²) in [4.78, 5) is 11.8. The summed E-state index contributed by atoms with van der Waals surface area (Å²) in [6.45, 7) is 0. The molecule has 0 radical (unpaired) electrons. The second-order valence-electron chi connectivity index (χ2n) is 3.43. The van der Waals surface area contributed by atoms with Crippen molar-refractivity contribution in [1.82, 2.24) is 10.2 Å². The maximum absolute atomic E-state index is 13.5. The molecule has 0 amide bonds. The molecule has 0 aliphatic rings. The van der Waals surface area contributed by atoms with Gasteiger partial charge in [0.25, 0.3) is 0 Å². The van der Waals surface area contributed by atoms with Crippen molar-refractivity contribution in [2.45, 2.75) is 6.42 Å². The Kier molecular flexibility index (Phi) is 3.44. The fraction of sp³-hybridized carbons (Fsp3) is 0.0833. The lowest BCUT2D eigenvalue weighted by atomic mass is 10.0. The van der Waals surface area contributed by atoms with Crippen molar-refractivity contribution in [2.24, 2.45) is 0 Å². The zero-order valence-electron chi connectivity index (χ0n) is 8.73. The van der Waals surface area contributed by atoms with Crippen LogP contribution < -0.4 is 0 Å². The van der Waals surface area contributed by atoms with E-state index in [2.05, 4.69) is 10.2 Å². The van der Waals surface area contributed by atoms with Gasteiger partial charge in [-0.05, 0) is 18.2 Å². The maximum atomic E-state index is 13.5. The summed E-state index contributed by atoms with van der Waals surface area (Å²) in [6, 6.07) is 5.86. The number of nitrogens with zero attached hydrogens (tertiary/aromatic N) is 2. The predicted octanol–water partition coefficient (Wildman–Crippen LogP) is 2.69. The SMILES string of the molecule is O=C(Cc1c(F)cccc1Cl)c1ccnnc1. The zero-order chi connectivity index (χ0) is 12.3. The first-order valence-electron chi connectivity index (χ1n) is 4.91. The molecule has 1 aromatic heterocycles. The molecule has 1 aromatic carbocycles. The molecule has 0 bridgehead atoms. The third-order valence-electron chi connectivity index (χ3n) is 2.31. The first-order valence-corrected chi connectivity index (χ1v) is 5.29. The number of Topliss-reactive ketones (excluding diaryl/α,β-unsaturated/α-hetero) is 1. The van der Waals surface area contributed by atoms with Gasteiger partial charge in [0.15, 0.2) is 5.78 Å². The van der Waals surface area contributed by atoms with Crippen molar-refractivity contribution in [1.29, 1.82) is 0 Å². The van der Waals surface area contributed by atoms with Gasteiger partial charge in [0.2, 0.25) is 0 Å². The summed E-state index contributed by atoms with van der Waals surface area (Å²) >= 11 is 5.84. The number of rotatable bonds is 3. The van der Waals surface area contributed by atoms with E-state index in [1.54, 1.807) is 6.07 Å². The van der Waals surface area contributed by atoms with Gasteiger partial charge in [-0.25, -0.2) is 4.39 Å². The Morgan fingerprint density at radius 1 is 1.29 bits per heavy atom. The molecule has 0 saturated carbocycles. The minimum absolute atomic E-state index is 0.0861. The first-order chi connectivity index (χ1) is 8.18. The number of aromatic nitrogens is 2. The fourth-order valence-electron chi connectivity index (χ4n) is 1.42. The molecule has 2 rings (SSSR count). The second-order valence-corrected chi connectivity index (χ2v) is 3.84. The minimum atomic E-state index is -0.479. The molecular formula is C12H8ClFN2O. The molecule has 3 nitrogen and oxygen atoms in total. The molecular weight excluding hydrogens is 243 g/mol. The van der Waals surface area contributed by atoms with E-state index in [0.717, 1.165) is 0 Å². The van der Waals surface area contributed by atoms with E-state index in [0.29, 0.717) is 5.56 Å². The lowest BCUT2D eigenvalue weighted by molar-refractivity contribution is 0.0991. The van der Waals surface area contributed by atoms with Crippen LogP contribution in [0.15, 0.2) is 36.7 Å². The first kappa shape index (κ1) is 11.7. The Morgan fingerprint density at radius 3 is 2.76 bits per heavy atom. The molecule has 0 fully saturated rings. The van der Waals surface area contributed by atoms with Crippen LogP contribution in [-0.2, 0) is 6.42 Å². The van der Waals surface area contributed by atoms with Crippen LogP contribution in [0.3, 0.4) is 0 Å². The molecule has 0 aliphatic heterocycles. The number of ketones is 1. The van der Waals surface area contributed by atoms with Crippen LogP contribution >= 0.6 is 11.6 Å². The topological polar surface area (TPSA) is 42.9 Å². The predicted molar refractivity (Wildman–Crippen MR) is 61.5 cm³/mol. The average Bonchev–Trinajstić information content (AvgIpc) is 2.35. The third kappa shape index (κ3) is 2.65. The van der Waals surface area contributed by atoms with Gasteiger partial charge >= 0.3 is 0 Å². The van der Waals surface area contributed by atoms with Crippen LogP contribution in [0.2, 0.25) is 5.02 Å². The third-order valence-corrected chi connectivity index (χ3v) is 2.66. The molecule has 86 valence electrons. The van der Waals surface area contributed by atoms with Crippen molar-refractivity contribution in [3.63, 3.8) is 0 Å². The monoisotopic (exact) mass is 250 g/mol. The van der Waals surface area contributed by atoms with Gasteiger partial charge in [0.1, 0.15) is 5.82 Å². The number of hydrogen-bond acceptors (Lipinski definition) is 3. The second kappa shape index (κ2) is 5.01. The highest BCUT2D eigenvalue weighted by Crippen LogP contribution is 2.20. The maximum Gasteiger partial charge on any atom is 0.169 e. The Hall–Kier alpha value is -1.81. The summed E-state index contributed by atoms with van der Waals surface area (Å²) in [7, 11) is 0. The van der Waals surface area contributed by atoms with Crippen LogP contribution in [0.4, 0.5) is 4.39 Å². The van der Waals surface area contributed by atoms with E-state index in [4.69, 9.17) is 11.6 Å². The Balaban J connectivity index is 2.25. The molecule has 0 aliphatic carbocycles. The number of halogens is 2. The van der Waals surface area contributed by atoms with E-state index >= 15 is 0 Å². The summed E-state index contributed by atoms with van der Waals surface area (Å²) in [5, 5.41) is 7.41. The lowest BCUT2D eigenvalue weighted by Gasteiger charge is -2.04. The van der Waals surface area contributed by atoms with E-state index in [1.807, 2.05) is 0 Å². The normalized spacial score (nSPS) is 10.2. The molecule has 5 heteroatoms. The fourth-order valence-corrected chi connectivity index (χ4v) is 1.65. The van der Waals surface area contributed by atoms with E-state index < -0.39 is 5.82 Å². The molecule has 0 saturated heterocycles. The van der Waals surface area contributed by atoms with E-state index in [-0.39, 0.29) is 22.8 Å². The number of carbonyl (C=O) groups excluding carboxylic acids is 1. The van der Waals surface area contributed by atoms with Gasteiger partial charge in [-0.1, -0.05) is 17.7 Å². The van der Waals surface area contributed by atoms with Crippen molar-refractivity contribution in [3.8, 4) is 0 Å². The van der Waals surface area contributed by atoms with Crippen molar-refractivity contribution in [2.75, 3.05) is 0 Å². The van der Waals surface area contributed by atoms with Gasteiger partial charge in [-0.3, -0.25) is 4.79 Å². The van der Waals surface area contributed by atoms with Gasteiger partial charge in [0.05, 0.1) is 12.4 Å². The van der Waals surface area contributed by atoms with Crippen molar-refractivity contribution in [3.05, 3.63) is 58.6 Å². The van der Waals surface area contributed by atoms with Gasteiger partial charge < -0.3 is 0 Å². The molecule has 0 N–H and O–H groups in total. The molecule has 0 unspecified atom stereocenters. The molecule has 1 heterocycles. The smallest absolute Gasteiger partial charge is 0.169 e. The highest BCUT2D eigenvalue weighted by atomic mass is 35.5. The average molecular weight is 251 g/mol. The highest BCUT2D eigenvalue weighted by molar-refractivity contribution is 6.31.